The molecule has 0 aromatic heterocycles. The molecular weight excluding hydrogens is 432 g/mol. The lowest BCUT2D eigenvalue weighted by Crippen LogP contribution is -2.18. The number of nitrogens with zero attached hydrogens (tertiary/aromatic N) is 1. The number of hydrogen-bond donors (Lipinski definition) is 1. The van der Waals surface area contributed by atoms with Gasteiger partial charge < -0.3 is 33.9 Å². The molecule has 0 aliphatic carbocycles. The molecule has 1 unspecified atom stereocenters. The van der Waals surface area contributed by atoms with Gasteiger partial charge in [-0.1, -0.05) is 0 Å². The SMILES string of the molecule is CNc1cc(OC)c2c(c1)Oc1cc(N(C)C)cc(OC)c1C2c1c(OC)cc(C)cc1OC. The molecule has 4 rings (SSSR count). The van der Waals surface area contributed by atoms with Crippen molar-refractivity contribution in [3.63, 3.8) is 0 Å². The summed E-state index contributed by atoms with van der Waals surface area (Å²) in [5.41, 5.74) is 5.54. The first-order chi connectivity index (χ1) is 16.4. The number of hydrogen-bond acceptors (Lipinski definition) is 7. The maximum absolute atomic E-state index is 6.51. The fourth-order valence-corrected chi connectivity index (χ4v) is 4.57. The Hall–Kier alpha value is -3.74. The molecule has 1 N–H and O–H groups in total. The van der Waals surface area contributed by atoms with Gasteiger partial charge in [0.25, 0.3) is 0 Å². The highest BCUT2D eigenvalue weighted by atomic mass is 16.5. The average Bonchev–Trinajstić information content (AvgIpc) is 2.85. The van der Waals surface area contributed by atoms with E-state index < -0.39 is 0 Å². The minimum atomic E-state index is -0.323. The summed E-state index contributed by atoms with van der Waals surface area (Å²) < 4.78 is 30.1. The zero-order chi connectivity index (χ0) is 24.6. The number of rotatable bonds is 7. The molecule has 0 radical (unpaired) electrons. The van der Waals surface area contributed by atoms with Gasteiger partial charge in [-0.25, -0.2) is 0 Å². The van der Waals surface area contributed by atoms with Crippen LogP contribution in [0.25, 0.3) is 0 Å². The van der Waals surface area contributed by atoms with Gasteiger partial charge in [0.1, 0.15) is 34.5 Å². The average molecular weight is 465 g/mol. The molecule has 0 spiro atoms. The number of methoxy groups -OCH3 is 4. The van der Waals surface area contributed by atoms with Gasteiger partial charge in [0.15, 0.2) is 0 Å². The maximum atomic E-state index is 6.51. The molecule has 1 aliphatic heterocycles. The van der Waals surface area contributed by atoms with Gasteiger partial charge in [0.2, 0.25) is 0 Å². The van der Waals surface area contributed by atoms with Crippen LogP contribution in [0.4, 0.5) is 11.4 Å². The summed E-state index contributed by atoms with van der Waals surface area (Å²) in [4.78, 5) is 2.02. The van der Waals surface area contributed by atoms with Crippen LogP contribution in [0.15, 0.2) is 36.4 Å². The Kier molecular flexibility index (Phi) is 6.37. The van der Waals surface area contributed by atoms with Crippen molar-refractivity contribution in [1.82, 2.24) is 0 Å². The summed E-state index contributed by atoms with van der Waals surface area (Å²) in [5.74, 6) is 3.93. The molecule has 0 bridgehead atoms. The third-order valence-corrected chi connectivity index (χ3v) is 6.21. The van der Waals surface area contributed by atoms with Crippen molar-refractivity contribution < 1.29 is 23.7 Å². The van der Waals surface area contributed by atoms with Crippen molar-refractivity contribution in [1.29, 1.82) is 0 Å². The largest absolute Gasteiger partial charge is 0.496 e. The molecule has 3 aromatic rings. The van der Waals surface area contributed by atoms with Crippen LogP contribution in [-0.2, 0) is 0 Å². The van der Waals surface area contributed by atoms with E-state index >= 15 is 0 Å². The van der Waals surface area contributed by atoms with Crippen LogP contribution in [0.1, 0.15) is 28.2 Å². The standard InChI is InChI=1S/C27H32N2O5/c1-15-9-18(30-5)24(19(10-15)31-6)27-25-20(32-7)11-16(28-2)12-22(25)34-23-14-17(29(3)4)13-21(33-8)26(23)27/h9-14,27-28H,1-8H3. The molecule has 1 heterocycles. The van der Waals surface area contributed by atoms with Crippen LogP contribution in [0.5, 0.6) is 34.5 Å². The van der Waals surface area contributed by atoms with Gasteiger partial charge in [-0.2, -0.15) is 0 Å². The van der Waals surface area contributed by atoms with Crippen LogP contribution in [0.3, 0.4) is 0 Å². The van der Waals surface area contributed by atoms with Crippen molar-refractivity contribution in [3.05, 3.63) is 58.7 Å². The van der Waals surface area contributed by atoms with Crippen LogP contribution < -0.4 is 33.9 Å². The summed E-state index contributed by atoms with van der Waals surface area (Å²) in [6.07, 6.45) is 0. The molecule has 7 heteroatoms. The van der Waals surface area contributed by atoms with E-state index in [0.717, 1.165) is 45.1 Å². The van der Waals surface area contributed by atoms with Crippen LogP contribution in [0, 0.1) is 6.92 Å². The number of benzene rings is 3. The second-order valence-corrected chi connectivity index (χ2v) is 8.41. The van der Waals surface area contributed by atoms with E-state index in [-0.39, 0.29) is 5.92 Å². The molecule has 1 aliphatic rings. The van der Waals surface area contributed by atoms with E-state index in [1.807, 2.05) is 69.4 Å². The Morgan fingerprint density at radius 3 is 1.71 bits per heavy atom. The number of ether oxygens (including phenoxy) is 5. The first-order valence-electron chi connectivity index (χ1n) is 11.1. The van der Waals surface area contributed by atoms with E-state index in [1.165, 1.54) is 0 Å². The predicted octanol–water partition coefficient (Wildman–Crippen LogP) is 5.42. The van der Waals surface area contributed by atoms with Crippen molar-refractivity contribution >= 4 is 11.4 Å². The molecule has 7 nitrogen and oxygen atoms in total. The number of fused-ring (bicyclic) bond motifs is 2. The third kappa shape index (κ3) is 3.81. The first kappa shape index (κ1) is 23.4. The molecule has 34 heavy (non-hydrogen) atoms. The Morgan fingerprint density at radius 2 is 1.21 bits per heavy atom. The second kappa shape index (κ2) is 9.25. The van der Waals surface area contributed by atoms with E-state index in [2.05, 4.69) is 5.32 Å². The molecule has 0 amide bonds. The monoisotopic (exact) mass is 464 g/mol. The number of nitrogens with one attached hydrogen (secondary N) is 1. The smallest absolute Gasteiger partial charge is 0.137 e. The molecule has 0 saturated carbocycles. The lowest BCUT2D eigenvalue weighted by atomic mass is 9.80. The van der Waals surface area contributed by atoms with Crippen molar-refractivity contribution in [2.75, 3.05) is 59.8 Å². The Balaban J connectivity index is 2.14. The van der Waals surface area contributed by atoms with Crippen molar-refractivity contribution in [3.8, 4) is 34.5 Å². The van der Waals surface area contributed by atoms with Gasteiger partial charge in [-0.05, 0) is 24.6 Å². The predicted molar refractivity (Wildman–Crippen MR) is 135 cm³/mol. The maximum Gasteiger partial charge on any atom is 0.137 e. The highest BCUT2D eigenvalue weighted by Gasteiger charge is 2.39. The first-order valence-corrected chi connectivity index (χ1v) is 11.1. The lowest BCUT2D eigenvalue weighted by Gasteiger charge is -2.34. The molecule has 0 fully saturated rings. The minimum Gasteiger partial charge on any atom is -0.496 e. The zero-order valence-electron chi connectivity index (χ0n) is 21.0. The quantitative estimate of drug-likeness (QED) is 0.392. The van der Waals surface area contributed by atoms with E-state index in [0.29, 0.717) is 23.0 Å². The van der Waals surface area contributed by atoms with Crippen LogP contribution >= 0.6 is 0 Å². The molecule has 1 atom stereocenters. The number of aryl methyl sites for hydroxylation is 1. The molecule has 3 aromatic carbocycles. The molecular formula is C27H32N2O5. The Morgan fingerprint density at radius 1 is 0.706 bits per heavy atom. The molecule has 0 saturated heterocycles. The van der Waals surface area contributed by atoms with Crippen molar-refractivity contribution in [2.45, 2.75) is 12.8 Å². The van der Waals surface area contributed by atoms with Gasteiger partial charge in [-0.3, -0.25) is 0 Å². The topological polar surface area (TPSA) is 61.4 Å². The van der Waals surface area contributed by atoms with Crippen LogP contribution in [0.2, 0.25) is 0 Å². The molecule has 180 valence electrons. The summed E-state index contributed by atoms with van der Waals surface area (Å²) >= 11 is 0. The lowest BCUT2D eigenvalue weighted by molar-refractivity contribution is 0.365. The summed E-state index contributed by atoms with van der Waals surface area (Å²) in [5, 5.41) is 3.19. The normalized spacial score (nSPS) is 13.8. The fraction of sp³-hybridized carbons (Fsp3) is 0.333. The summed E-state index contributed by atoms with van der Waals surface area (Å²) in [6, 6.07) is 12.0. The van der Waals surface area contributed by atoms with Gasteiger partial charge in [-0.15, -0.1) is 0 Å². The van der Waals surface area contributed by atoms with E-state index in [1.54, 1.807) is 28.4 Å². The zero-order valence-corrected chi connectivity index (χ0v) is 21.0. The van der Waals surface area contributed by atoms with Crippen molar-refractivity contribution in [2.24, 2.45) is 0 Å². The number of anilines is 2. The minimum absolute atomic E-state index is 0.323. The Bertz CT molecular complexity index is 1200. The van der Waals surface area contributed by atoms with Gasteiger partial charge >= 0.3 is 0 Å². The van der Waals surface area contributed by atoms with E-state index in [4.69, 9.17) is 23.7 Å². The fourth-order valence-electron chi connectivity index (χ4n) is 4.57. The van der Waals surface area contributed by atoms with Gasteiger partial charge in [0, 0.05) is 73.5 Å². The van der Waals surface area contributed by atoms with E-state index in [9.17, 15) is 0 Å². The Labute approximate surface area is 201 Å². The summed E-state index contributed by atoms with van der Waals surface area (Å²) in [7, 11) is 12.5. The van der Waals surface area contributed by atoms with Gasteiger partial charge in [0.05, 0.1) is 34.4 Å². The summed E-state index contributed by atoms with van der Waals surface area (Å²) in [6.45, 7) is 2.02. The highest BCUT2D eigenvalue weighted by molar-refractivity contribution is 5.74. The third-order valence-electron chi connectivity index (χ3n) is 6.21. The van der Waals surface area contributed by atoms with Crippen LogP contribution in [-0.4, -0.2) is 49.6 Å². The second-order valence-electron chi connectivity index (χ2n) is 8.41. The highest BCUT2D eigenvalue weighted by Crippen LogP contribution is 2.58.